The van der Waals surface area contributed by atoms with E-state index in [4.69, 9.17) is 37.9 Å². The zero-order valence-corrected chi connectivity index (χ0v) is 42.9. The second kappa shape index (κ2) is 34.7. The molecule has 0 radical (unpaired) electrons. The topological polar surface area (TPSA) is 144 Å². The van der Waals surface area contributed by atoms with Crippen molar-refractivity contribution < 1.29 is 47.5 Å². The van der Waals surface area contributed by atoms with Crippen molar-refractivity contribution in [3.63, 3.8) is 0 Å². The lowest BCUT2D eigenvalue weighted by atomic mass is 10.1. The molecule has 73 heavy (non-hydrogen) atoms. The fraction of sp³-hybridized carbons (Fsp3) is 0.467. The van der Waals surface area contributed by atoms with Crippen LogP contribution in [0.25, 0.3) is 0 Å². The summed E-state index contributed by atoms with van der Waals surface area (Å²) in [5.41, 5.74) is 4.51. The Morgan fingerprint density at radius 2 is 0.589 bits per heavy atom. The standard InChI is InChI=1S/C60H79N3O10/c64-59-62-35-9-1-3-11-39-68-55-19-17-21-57(43-55)72-47-51-23-25-52(26-24-51)48-73-58-22-18-20-56(44-58)69-40-12-4-2-10-36-63-60(65)71-42-16-8-6-14-38-67-54-33-29-50(30-34-54)46-61-45-49-27-31-53(32-28-49)66-37-13-5-7-15-41-70-59/h17-34,43-44,61H,1-16,35-42,45-48H2,(H,62,64)(H,63,65). The third kappa shape index (κ3) is 24.6. The van der Waals surface area contributed by atoms with Gasteiger partial charge in [-0.3, -0.25) is 0 Å². The molecule has 5 aromatic rings. The Labute approximate surface area is 433 Å². The number of amides is 2. The van der Waals surface area contributed by atoms with E-state index in [2.05, 4.69) is 64.5 Å². The van der Waals surface area contributed by atoms with Crippen LogP contribution >= 0.6 is 0 Å². The molecule has 0 aromatic heterocycles. The van der Waals surface area contributed by atoms with E-state index >= 15 is 0 Å². The third-order valence-electron chi connectivity index (χ3n) is 12.2. The molecule has 2 amide bonds. The van der Waals surface area contributed by atoms with Gasteiger partial charge in [-0.05, 0) is 148 Å². The van der Waals surface area contributed by atoms with E-state index in [9.17, 15) is 9.59 Å². The molecule has 3 N–H and O–H groups in total. The highest BCUT2D eigenvalue weighted by Crippen LogP contribution is 2.23. The molecule has 4 aliphatic heterocycles. The fourth-order valence-electron chi connectivity index (χ4n) is 7.98. The maximum absolute atomic E-state index is 12.1. The van der Waals surface area contributed by atoms with E-state index in [1.807, 2.05) is 72.8 Å². The van der Waals surface area contributed by atoms with Crippen LogP contribution in [0.5, 0.6) is 34.5 Å². The van der Waals surface area contributed by atoms with Crippen LogP contribution in [0.4, 0.5) is 9.59 Å². The molecule has 0 saturated carbocycles. The van der Waals surface area contributed by atoms with E-state index in [-0.39, 0.29) is 12.2 Å². The minimum Gasteiger partial charge on any atom is -0.494 e. The molecule has 4 heterocycles. The quantitative estimate of drug-likeness (QED) is 0.136. The lowest BCUT2D eigenvalue weighted by molar-refractivity contribution is 0.142. The van der Waals surface area contributed by atoms with Gasteiger partial charge in [0, 0.05) is 38.3 Å². The maximum atomic E-state index is 12.1. The first kappa shape index (κ1) is 55.7. The second-order valence-corrected chi connectivity index (χ2v) is 18.4. The molecule has 0 atom stereocenters. The summed E-state index contributed by atoms with van der Waals surface area (Å²) in [7, 11) is 0. The van der Waals surface area contributed by atoms with Crippen molar-refractivity contribution in [3.05, 3.63) is 144 Å². The van der Waals surface area contributed by atoms with Crippen LogP contribution < -0.4 is 44.4 Å². The van der Waals surface area contributed by atoms with Gasteiger partial charge in [0.2, 0.25) is 0 Å². The van der Waals surface area contributed by atoms with Gasteiger partial charge in [-0.1, -0.05) is 86.3 Å². The zero-order valence-electron chi connectivity index (χ0n) is 42.9. The number of hydrogen-bond acceptors (Lipinski definition) is 11. The molecular formula is C60H79N3O10. The highest BCUT2D eigenvalue weighted by atomic mass is 16.6. The predicted molar refractivity (Wildman–Crippen MR) is 286 cm³/mol. The van der Waals surface area contributed by atoms with Crippen LogP contribution in [0.1, 0.15) is 125 Å². The number of fused-ring (bicyclic) bond motifs is 3. The van der Waals surface area contributed by atoms with Gasteiger partial charge in [-0.15, -0.1) is 0 Å². The van der Waals surface area contributed by atoms with E-state index in [0.29, 0.717) is 65.9 Å². The Morgan fingerprint density at radius 1 is 0.288 bits per heavy atom. The number of carbonyl (C=O) groups excluding carboxylic acids is 2. The lowest BCUT2D eigenvalue weighted by Gasteiger charge is -2.11. The molecule has 10 bridgehead atoms. The number of ether oxygens (including phenoxy) is 8. The summed E-state index contributed by atoms with van der Waals surface area (Å²) in [6.45, 7) is 7.00. The Balaban J connectivity index is 0.866. The smallest absolute Gasteiger partial charge is 0.407 e. The first-order chi connectivity index (χ1) is 36.0. The van der Waals surface area contributed by atoms with Crippen LogP contribution in [0.2, 0.25) is 0 Å². The molecule has 9 rings (SSSR count). The Bertz CT molecular complexity index is 2100. The first-order valence-corrected chi connectivity index (χ1v) is 26.8. The van der Waals surface area contributed by atoms with Crippen LogP contribution in [0.15, 0.2) is 121 Å². The van der Waals surface area contributed by atoms with Gasteiger partial charge in [0.1, 0.15) is 47.7 Å². The van der Waals surface area contributed by atoms with E-state index < -0.39 is 0 Å². The van der Waals surface area contributed by atoms with Gasteiger partial charge >= 0.3 is 12.2 Å². The van der Waals surface area contributed by atoms with Gasteiger partial charge in [-0.25, -0.2) is 9.59 Å². The summed E-state index contributed by atoms with van der Waals surface area (Å²) >= 11 is 0. The number of carbonyl (C=O) groups is 2. The highest BCUT2D eigenvalue weighted by Gasteiger charge is 2.07. The van der Waals surface area contributed by atoms with Gasteiger partial charge in [0.15, 0.2) is 0 Å². The van der Waals surface area contributed by atoms with Gasteiger partial charge in [0.25, 0.3) is 0 Å². The van der Waals surface area contributed by atoms with Crippen molar-refractivity contribution in [2.75, 3.05) is 52.7 Å². The van der Waals surface area contributed by atoms with Crippen molar-refractivity contribution in [2.24, 2.45) is 0 Å². The summed E-state index contributed by atoms with van der Waals surface area (Å²) in [5.74, 6) is 4.81. The lowest BCUT2D eigenvalue weighted by Crippen LogP contribution is -2.25. The molecule has 13 nitrogen and oxygen atoms in total. The summed E-state index contributed by atoms with van der Waals surface area (Å²) in [5, 5.41) is 9.26. The number of nitrogens with one attached hydrogen (secondary N) is 3. The number of benzene rings is 5. The van der Waals surface area contributed by atoms with Crippen molar-refractivity contribution in [2.45, 2.75) is 129 Å². The normalized spacial score (nSPS) is 17.4. The Kier molecular flexibility index (Phi) is 26.5. The molecule has 0 unspecified atom stereocenters. The SMILES string of the molecule is O=C1NCCCCCCOc2cccc(c2)OCc2ccc(cc2)COc2cccc(c2)OCCCCCCNC(=O)OCCCCCCOc2ccc(cc2)CNCc2ccc(cc2)OCCCCCCO1. The summed E-state index contributed by atoms with van der Waals surface area (Å²) in [4.78, 5) is 24.3. The molecule has 0 fully saturated rings. The molecule has 0 saturated heterocycles. The molecular weight excluding hydrogens is 923 g/mol. The van der Waals surface area contributed by atoms with E-state index in [1.165, 1.54) is 11.1 Å². The van der Waals surface area contributed by atoms with Crippen molar-refractivity contribution >= 4 is 12.2 Å². The first-order valence-electron chi connectivity index (χ1n) is 26.8. The number of hydrogen-bond donors (Lipinski definition) is 3. The molecule has 394 valence electrons. The molecule has 4 aliphatic rings. The molecule has 0 aliphatic carbocycles. The maximum Gasteiger partial charge on any atom is 0.407 e. The van der Waals surface area contributed by atoms with Gasteiger partial charge in [-0.2, -0.15) is 0 Å². The van der Waals surface area contributed by atoms with Gasteiger partial charge in [0.05, 0.1) is 39.6 Å². The average molecular weight is 1000 g/mol. The largest absolute Gasteiger partial charge is 0.494 e. The highest BCUT2D eigenvalue weighted by molar-refractivity contribution is 5.67. The van der Waals surface area contributed by atoms with Crippen LogP contribution in [-0.4, -0.2) is 64.9 Å². The minimum atomic E-state index is -0.347. The van der Waals surface area contributed by atoms with Crippen molar-refractivity contribution in [1.82, 2.24) is 16.0 Å². The number of rotatable bonds is 0. The fourth-order valence-corrected chi connectivity index (χ4v) is 7.98. The van der Waals surface area contributed by atoms with Crippen molar-refractivity contribution in [1.29, 1.82) is 0 Å². The monoisotopic (exact) mass is 1000 g/mol. The summed E-state index contributed by atoms with van der Waals surface area (Å²) in [6.07, 6.45) is 14.5. The van der Waals surface area contributed by atoms with Crippen LogP contribution in [0, 0.1) is 0 Å². The minimum absolute atomic E-state index is 0.347. The summed E-state index contributed by atoms with van der Waals surface area (Å²) in [6, 6.07) is 40.2. The van der Waals surface area contributed by atoms with Gasteiger partial charge < -0.3 is 53.8 Å². The van der Waals surface area contributed by atoms with Crippen LogP contribution in [-0.2, 0) is 35.8 Å². The van der Waals surface area contributed by atoms with E-state index in [0.717, 1.165) is 161 Å². The Hall–Kier alpha value is -6.60. The third-order valence-corrected chi connectivity index (χ3v) is 12.2. The zero-order chi connectivity index (χ0) is 50.6. The summed E-state index contributed by atoms with van der Waals surface area (Å²) < 4.78 is 46.9. The molecule has 5 aromatic carbocycles. The molecule has 0 spiro atoms. The second-order valence-electron chi connectivity index (χ2n) is 18.4. The molecule has 13 heteroatoms. The average Bonchev–Trinajstić information content (AvgIpc) is 3.41. The van der Waals surface area contributed by atoms with E-state index in [1.54, 1.807) is 0 Å². The van der Waals surface area contributed by atoms with Crippen molar-refractivity contribution in [3.8, 4) is 34.5 Å². The van der Waals surface area contributed by atoms with Crippen LogP contribution in [0.3, 0.4) is 0 Å². The number of alkyl carbamates (subject to hydrolysis) is 2. The Morgan fingerprint density at radius 3 is 0.959 bits per heavy atom. The predicted octanol–water partition coefficient (Wildman–Crippen LogP) is 13.1.